The quantitative estimate of drug-likeness (QED) is 0.466. The first-order valence-electron chi connectivity index (χ1n) is 7.76. The molecule has 0 unspecified atom stereocenters. The Hall–Kier alpha value is -3.46. The summed E-state index contributed by atoms with van der Waals surface area (Å²) in [5, 5.41) is 13.5. The third kappa shape index (κ3) is 2.54. The fourth-order valence-corrected chi connectivity index (χ4v) is 2.99. The average Bonchev–Trinajstić information content (AvgIpc) is 3.01. The van der Waals surface area contributed by atoms with Crippen LogP contribution >= 0.6 is 0 Å². The lowest BCUT2D eigenvalue weighted by Crippen LogP contribution is -2.08. The molecular formula is C20H11F3N2O. The van der Waals surface area contributed by atoms with Gasteiger partial charge in [-0.25, -0.2) is 0 Å². The Morgan fingerprint density at radius 1 is 0.808 bits per heavy atom. The summed E-state index contributed by atoms with van der Waals surface area (Å²) in [6.07, 6.45) is -4.47. The molecule has 0 radical (unpaired) electrons. The van der Waals surface area contributed by atoms with Crippen LogP contribution in [0.5, 0.6) is 0 Å². The first-order valence-corrected chi connectivity index (χ1v) is 7.76. The van der Waals surface area contributed by atoms with Crippen LogP contribution in [-0.2, 0) is 6.18 Å². The van der Waals surface area contributed by atoms with Crippen molar-refractivity contribution in [2.75, 3.05) is 5.32 Å². The van der Waals surface area contributed by atoms with Gasteiger partial charge in [0.05, 0.1) is 22.5 Å². The fourth-order valence-electron chi connectivity index (χ4n) is 2.99. The summed E-state index contributed by atoms with van der Waals surface area (Å²) < 4.78 is 45.5. The molecule has 0 atom stereocenters. The number of anilines is 2. The smallest absolute Gasteiger partial charge is 0.418 e. The molecule has 0 spiro atoms. The minimum atomic E-state index is -4.47. The second-order valence-electron chi connectivity index (χ2n) is 5.75. The second kappa shape index (κ2) is 5.81. The molecule has 1 aromatic heterocycles. The largest absolute Gasteiger partial charge is 0.452 e. The number of benzene rings is 3. The Balaban J connectivity index is 1.91. The number of alkyl halides is 3. The van der Waals surface area contributed by atoms with E-state index >= 15 is 0 Å². The lowest BCUT2D eigenvalue weighted by molar-refractivity contribution is -0.136. The van der Waals surface area contributed by atoms with Crippen molar-refractivity contribution in [1.29, 1.82) is 5.26 Å². The number of hydrogen-bond acceptors (Lipinski definition) is 3. The van der Waals surface area contributed by atoms with Crippen LogP contribution in [0, 0.1) is 11.3 Å². The van der Waals surface area contributed by atoms with Gasteiger partial charge in [-0.2, -0.15) is 18.4 Å². The van der Waals surface area contributed by atoms with Gasteiger partial charge in [-0.05, 0) is 24.3 Å². The van der Waals surface area contributed by atoms with E-state index in [1.165, 1.54) is 18.2 Å². The van der Waals surface area contributed by atoms with E-state index in [4.69, 9.17) is 4.42 Å². The van der Waals surface area contributed by atoms with E-state index in [1.807, 2.05) is 12.1 Å². The number of nitrogens with one attached hydrogen (secondary N) is 1. The minimum absolute atomic E-state index is 0.0616. The van der Waals surface area contributed by atoms with Crippen molar-refractivity contribution in [3.63, 3.8) is 0 Å². The minimum Gasteiger partial charge on any atom is -0.452 e. The zero-order chi connectivity index (χ0) is 18.3. The normalized spacial score (nSPS) is 11.6. The third-order valence-electron chi connectivity index (χ3n) is 4.15. The van der Waals surface area contributed by atoms with Crippen LogP contribution < -0.4 is 5.32 Å². The van der Waals surface area contributed by atoms with Gasteiger partial charge in [0.25, 0.3) is 0 Å². The van der Waals surface area contributed by atoms with Crippen molar-refractivity contribution < 1.29 is 17.6 Å². The topological polar surface area (TPSA) is 49.0 Å². The summed E-state index contributed by atoms with van der Waals surface area (Å²) in [6.45, 7) is 0. The van der Waals surface area contributed by atoms with Crippen molar-refractivity contribution in [2.24, 2.45) is 0 Å². The molecule has 3 nitrogen and oxygen atoms in total. The molecule has 0 saturated carbocycles. The molecule has 128 valence electrons. The van der Waals surface area contributed by atoms with Crippen LogP contribution in [0.15, 0.2) is 65.1 Å². The highest BCUT2D eigenvalue weighted by molar-refractivity contribution is 6.10. The van der Waals surface area contributed by atoms with Crippen LogP contribution in [0.1, 0.15) is 11.1 Å². The van der Waals surface area contributed by atoms with E-state index < -0.39 is 11.7 Å². The molecule has 6 heteroatoms. The number of hydrogen-bond donors (Lipinski definition) is 1. The third-order valence-corrected chi connectivity index (χ3v) is 4.15. The Morgan fingerprint density at radius 2 is 1.46 bits per heavy atom. The van der Waals surface area contributed by atoms with Crippen LogP contribution in [0.25, 0.3) is 21.9 Å². The number of fused-ring (bicyclic) bond motifs is 3. The van der Waals surface area contributed by atoms with Gasteiger partial charge in [0.1, 0.15) is 6.07 Å². The lowest BCUT2D eigenvalue weighted by atomic mass is 10.1. The fraction of sp³-hybridized carbons (Fsp3) is 0.0500. The molecule has 26 heavy (non-hydrogen) atoms. The maximum Gasteiger partial charge on any atom is 0.418 e. The molecule has 0 aliphatic carbocycles. The first-order chi connectivity index (χ1) is 12.5. The zero-order valence-corrected chi connectivity index (χ0v) is 13.3. The van der Waals surface area contributed by atoms with Crippen LogP contribution in [0.4, 0.5) is 24.5 Å². The predicted octanol–water partition coefficient (Wildman–Crippen LogP) is 6.22. The van der Waals surface area contributed by atoms with Gasteiger partial charge in [0.2, 0.25) is 0 Å². The Bertz CT molecular complexity index is 1170. The molecule has 4 rings (SSSR count). The average molecular weight is 352 g/mol. The van der Waals surface area contributed by atoms with Crippen LogP contribution in [0.3, 0.4) is 0 Å². The summed E-state index contributed by atoms with van der Waals surface area (Å²) in [6, 6.07) is 17.7. The summed E-state index contributed by atoms with van der Waals surface area (Å²) >= 11 is 0. The van der Waals surface area contributed by atoms with Crippen molar-refractivity contribution in [1.82, 2.24) is 0 Å². The Kier molecular flexibility index (Phi) is 3.58. The van der Waals surface area contributed by atoms with Gasteiger partial charge in [0, 0.05) is 10.8 Å². The van der Waals surface area contributed by atoms with Crippen molar-refractivity contribution in [3.8, 4) is 6.07 Å². The van der Waals surface area contributed by atoms with Gasteiger partial charge < -0.3 is 9.73 Å². The number of para-hydroxylation sites is 3. The molecule has 0 aliphatic heterocycles. The van der Waals surface area contributed by atoms with E-state index in [2.05, 4.69) is 11.4 Å². The highest BCUT2D eigenvalue weighted by Crippen LogP contribution is 2.39. The molecule has 0 fully saturated rings. The number of nitriles is 1. The van der Waals surface area contributed by atoms with Gasteiger partial charge in [-0.1, -0.05) is 36.4 Å². The molecule has 1 N–H and O–H groups in total. The molecule has 3 aromatic carbocycles. The molecule has 0 amide bonds. The van der Waals surface area contributed by atoms with Crippen molar-refractivity contribution in [3.05, 3.63) is 71.8 Å². The zero-order valence-electron chi connectivity index (χ0n) is 13.3. The summed E-state index contributed by atoms with van der Waals surface area (Å²) in [5.74, 6) is 0. The Labute approximate surface area is 146 Å². The molecule has 4 aromatic rings. The number of rotatable bonds is 2. The van der Waals surface area contributed by atoms with Gasteiger partial charge >= 0.3 is 6.18 Å². The van der Waals surface area contributed by atoms with E-state index in [1.54, 1.807) is 24.3 Å². The van der Waals surface area contributed by atoms with Crippen LogP contribution in [-0.4, -0.2) is 0 Å². The summed E-state index contributed by atoms with van der Waals surface area (Å²) in [5.41, 5.74) is 0.782. The van der Waals surface area contributed by atoms with Gasteiger partial charge in [0.15, 0.2) is 11.2 Å². The lowest BCUT2D eigenvalue weighted by Gasteiger charge is -2.14. The second-order valence-corrected chi connectivity index (χ2v) is 5.75. The maximum atomic E-state index is 13.2. The van der Waals surface area contributed by atoms with Gasteiger partial charge in [-0.3, -0.25) is 0 Å². The number of furan rings is 1. The molecule has 1 heterocycles. The molecular weight excluding hydrogens is 341 g/mol. The highest BCUT2D eigenvalue weighted by atomic mass is 19.4. The molecule has 0 aliphatic rings. The molecule has 0 saturated heterocycles. The van der Waals surface area contributed by atoms with Gasteiger partial charge in [-0.15, -0.1) is 0 Å². The summed E-state index contributed by atoms with van der Waals surface area (Å²) in [4.78, 5) is 0. The maximum absolute atomic E-state index is 13.2. The van der Waals surface area contributed by atoms with E-state index in [0.29, 0.717) is 22.4 Å². The Morgan fingerprint density at radius 3 is 2.19 bits per heavy atom. The van der Waals surface area contributed by atoms with Crippen LogP contribution in [0.2, 0.25) is 0 Å². The monoisotopic (exact) mass is 352 g/mol. The SMILES string of the molecule is N#Cc1cccc2c1oc1c(Nc3ccccc3C(F)(F)F)cccc12. The highest BCUT2D eigenvalue weighted by Gasteiger charge is 2.33. The first kappa shape index (κ1) is 16.0. The number of nitrogens with zero attached hydrogens (tertiary/aromatic N) is 1. The molecule has 0 bridgehead atoms. The van der Waals surface area contributed by atoms with E-state index in [0.717, 1.165) is 16.8 Å². The van der Waals surface area contributed by atoms with Crippen molar-refractivity contribution >= 4 is 33.3 Å². The number of halogens is 3. The standard InChI is InChI=1S/C20H11F3N2O/c21-20(22,23)15-8-1-2-9-16(15)25-17-10-4-7-14-13-6-3-5-12(11-24)18(13)26-19(14)17/h1-10,25H. The van der Waals surface area contributed by atoms with E-state index in [-0.39, 0.29) is 5.69 Å². The summed E-state index contributed by atoms with van der Waals surface area (Å²) in [7, 11) is 0. The predicted molar refractivity (Wildman–Crippen MR) is 93.2 cm³/mol. The van der Waals surface area contributed by atoms with E-state index in [9.17, 15) is 18.4 Å². The van der Waals surface area contributed by atoms with Crippen molar-refractivity contribution in [2.45, 2.75) is 6.18 Å².